The van der Waals surface area contributed by atoms with Gasteiger partial charge >= 0.3 is 12.0 Å². The Morgan fingerprint density at radius 2 is 2.25 bits per heavy atom. The fourth-order valence-electron chi connectivity index (χ4n) is 2.51. The minimum Gasteiger partial charge on any atom is -0.481 e. The summed E-state index contributed by atoms with van der Waals surface area (Å²) in [6, 6.07) is -0.654. The van der Waals surface area contributed by atoms with Crippen molar-refractivity contribution < 1.29 is 14.7 Å². The van der Waals surface area contributed by atoms with E-state index in [1.807, 2.05) is 6.92 Å². The van der Waals surface area contributed by atoms with E-state index < -0.39 is 5.97 Å². The van der Waals surface area contributed by atoms with Crippen molar-refractivity contribution in [1.29, 1.82) is 0 Å². The maximum absolute atomic E-state index is 11.9. The van der Waals surface area contributed by atoms with E-state index in [2.05, 4.69) is 20.8 Å². The van der Waals surface area contributed by atoms with Crippen LogP contribution in [0.15, 0.2) is 6.33 Å². The number of hydrogen-bond donors (Lipinski definition) is 3. The molecule has 8 heteroatoms. The third-order valence-electron chi connectivity index (χ3n) is 3.60. The van der Waals surface area contributed by atoms with Crippen molar-refractivity contribution in [2.75, 3.05) is 0 Å². The molecule has 0 spiro atoms. The summed E-state index contributed by atoms with van der Waals surface area (Å²) in [7, 11) is 1.81. The topological polar surface area (TPSA) is 109 Å². The van der Waals surface area contributed by atoms with Crippen molar-refractivity contribution >= 4 is 12.0 Å². The van der Waals surface area contributed by atoms with Gasteiger partial charge < -0.3 is 20.3 Å². The lowest BCUT2D eigenvalue weighted by atomic mass is 10.1. The van der Waals surface area contributed by atoms with Crippen molar-refractivity contribution in [3.8, 4) is 0 Å². The minimum atomic E-state index is -0.790. The van der Waals surface area contributed by atoms with Gasteiger partial charge in [-0.2, -0.15) is 0 Å². The van der Waals surface area contributed by atoms with Crippen LogP contribution in [0, 0.1) is 5.92 Å². The Hall–Kier alpha value is -2.12. The lowest BCUT2D eigenvalue weighted by molar-refractivity contribution is -0.141. The molecule has 1 heterocycles. The molecule has 1 aromatic heterocycles. The molecule has 1 unspecified atom stereocenters. The van der Waals surface area contributed by atoms with Gasteiger partial charge in [-0.15, -0.1) is 10.2 Å². The number of carboxylic acid groups (broad SMARTS) is 1. The zero-order valence-electron chi connectivity index (χ0n) is 11.5. The van der Waals surface area contributed by atoms with Crippen LogP contribution in [-0.4, -0.2) is 37.9 Å². The third-order valence-corrected chi connectivity index (χ3v) is 3.60. The summed E-state index contributed by atoms with van der Waals surface area (Å²) in [5, 5.41) is 22.2. The van der Waals surface area contributed by atoms with Crippen LogP contribution in [0.3, 0.4) is 0 Å². The monoisotopic (exact) mass is 281 g/mol. The summed E-state index contributed by atoms with van der Waals surface area (Å²) in [6.07, 6.45) is 3.36. The van der Waals surface area contributed by atoms with Crippen LogP contribution in [0.25, 0.3) is 0 Å². The van der Waals surface area contributed by atoms with Crippen LogP contribution in [-0.2, 0) is 11.8 Å². The first-order valence-corrected chi connectivity index (χ1v) is 6.61. The molecule has 1 aromatic rings. The van der Waals surface area contributed by atoms with E-state index in [0.29, 0.717) is 25.1 Å². The number of aromatic nitrogens is 3. The van der Waals surface area contributed by atoms with Crippen LogP contribution in [0.2, 0.25) is 0 Å². The maximum Gasteiger partial charge on any atom is 0.315 e. The summed E-state index contributed by atoms with van der Waals surface area (Å²) in [6.45, 7) is 1.82. The second kappa shape index (κ2) is 5.89. The van der Waals surface area contributed by atoms with Gasteiger partial charge in [0.05, 0.1) is 12.0 Å². The van der Waals surface area contributed by atoms with Gasteiger partial charge in [0.1, 0.15) is 6.33 Å². The van der Waals surface area contributed by atoms with E-state index in [1.165, 1.54) is 0 Å². The van der Waals surface area contributed by atoms with Gasteiger partial charge in [0.15, 0.2) is 5.82 Å². The predicted octanol–water partition coefficient (Wildman–Crippen LogP) is 0.429. The highest BCUT2D eigenvalue weighted by atomic mass is 16.4. The number of carboxylic acids is 1. The molecule has 2 rings (SSSR count). The van der Waals surface area contributed by atoms with Crippen LogP contribution in [0.4, 0.5) is 4.79 Å². The van der Waals surface area contributed by atoms with Crippen LogP contribution >= 0.6 is 0 Å². The van der Waals surface area contributed by atoms with Gasteiger partial charge in [-0.3, -0.25) is 4.79 Å². The summed E-state index contributed by atoms with van der Waals surface area (Å²) in [5.41, 5.74) is 0. The minimum absolute atomic E-state index is 0.0807. The molecular formula is C12H19N5O3. The summed E-state index contributed by atoms with van der Waals surface area (Å²) < 4.78 is 1.74. The molecule has 110 valence electrons. The number of carbonyl (C=O) groups is 2. The molecule has 1 saturated carbocycles. The van der Waals surface area contributed by atoms with E-state index in [-0.39, 0.29) is 24.0 Å². The van der Waals surface area contributed by atoms with Gasteiger partial charge in [-0.05, 0) is 26.2 Å². The molecule has 0 radical (unpaired) electrons. The van der Waals surface area contributed by atoms with Gasteiger partial charge in [0, 0.05) is 13.1 Å². The summed E-state index contributed by atoms with van der Waals surface area (Å²) in [5.74, 6) is -0.478. The lowest BCUT2D eigenvalue weighted by Gasteiger charge is -2.17. The number of rotatable bonds is 4. The number of amides is 2. The number of hydrogen-bond acceptors (Lipinski definition) is 4. The molecule has 0 aliphatic heterocycles. The molecule has 2 amide bonds. The Morgan fingerprint density at radius 3 is 2.80 bits per heavy atom. The number of nitrogens with zero attached hydrogens (tertiary/aromatic N) is 3. The normalized spacial score (nSPS) is 23.3. The zero-order valence-corrected chi connectivity index (χ0v) is 11.5. The van der Waals surface area contributed by atoms with E-state index >= 15 is 0 Å². The van der Waals surface area contributed by atoms with Crippen LogP contribution < -0.4 is 10.6 Å². The van der Waals surface area contributed by atoms with Crippen molar-refractivity contribution in [2.45, 2.75) is 38.3 Å². The molecule has 0 bridgehead atoms. The van der Waals surface area contributed by atoms with Crippen molar-refractivity contribution in [3.05, 3.63) is 12.2 Å². The highest BCUT2D eigenvalue weighted by Crippen LogP contribution is 2.25. The molecule has 1 aliphatic rings. The highest BCUT2D eigenvalue weighted by Gasteiger charge is 2.30. The Balaban J connectivity index is 1.82. The number of carbonyl (C=O) groups excluding carboxylic acids is 1. The van der Waals surface area contributed by atoms with Gasteiger partial charge in [0.2, 0.25) is 0 Å². The van der Waals surface area contributed by atoms with Crippen LogP contribution in [0.1, 0.15) is 38.1 Å². The van der Waals surface area contributed by atoms with Gasteiger partial charge in [-0.25, -0.2) is 4.79 Å². The average Bonchev–Trinajstić information content (AvgIpc) is 2.97. The highest BCUT2D eigenvalue weighted by molar-refractivity contribution is 5.75. The van der Waals surface area contributed by atoms with Crippen molar-refractivity contribution in [2.24, 2.45) is 13.0 Å². The molecule has 3 atom stereocenters. The Morgan fingerprint density at radius 1 is 1.50 bits per heavy atom. The largest absolute Gasteiger partial charge is 0.481 e. The van der Waals surface area contributed by atoms with Crippen molar-refractivity contribution in [1.82, 2.24) is 25.4 Å². The maximum atomic E-state index is 11.9. The third kappa shape index (κ3) is 3.25. The predicted molar refractivity (Wildman–Crippen MR) is 69.9 cm³/mol. The molecule has 0 aromatic carbocycles. The van der Waals surface area contributed by atoms with Crippen LogP contribution in [0.5, 0.6) is 0 Å². The number of urea groups is 1. The fraction of sp³-hybridized carbons (Fsp3) is 0.667. The SMILES string of the molecule is CC(NC(=O)N[C@H]1CC[C@@H](C(=O)O)C1)c1nncn1C. The second-order valence-electron chi connectivity index (χ2n) is 5.18. The fourth-order valence-corrected chi connectivity index (χ4v) is 2.51. The number of aliphatic carboxylic acids is 1. The van der Waals surface area contributed by atoms with E-state index in [9.17, 15) is 9.59 Å². The van der Waals surface area contributed by atoms with Gasteiger partial charge in [0.25, 0.3) is 0 Å². The quantitative estimate of drug-likeness (QED) is 0.741. The molecule has 8 nitrogen and oxygen atoms in total. The first kappa shape index (κ1) is 14.3. The molecule has 1 aliphatic carbocycles. The Labute approximate surface area is 116 Å². The van der Waals surface area contributed by atoms with Gasteiger partial charge in [-0.1, -0.05) is 0 Å². The number of nitrogens with one attached hydrogen (secondary N) is 2. The first-order valence-electron chi connectivity index (χ1n) is 6.61. The van der Waals surface area contributed by atoms with E-state index in [0.717, 1.165) is 0 Å². The first-order chi connectivity index (χ1) is 9.47. The number of aryl methyl sites for hydroxylation is 1. The molecule has 20 heavy (non-hydrogen) atoms. The molecule has 1 fully saturated rings. The zero-order chi connectivity index (χ0) is 14.7. The average molecular weight is 281 g/mol. The molecular weight excluding hydrogens is 262 g/mol. The standard InChI is InChI=1S/C12H19N5O3/c1-7(10-16-13-6-17(10)2)14-12(20)15-9-4-3-8(5-9)11(18)19/h6-9H,3-5H2,1-2H3,(H,18,19)(H2,14,15,20)/t7?,8-,9+/m1/s1. The summed E-state index contributed by atoms with van der Waals surface area (Å²) >= 11 is 0. The second-order valence-corrected chi connectivity index (χ2v) is 5.18. The molecule has 0 saturated heterocycles. The van der Waals surface area contributed by atoms with Crippen molar-refractivity contribution in [3.63, 3.8) is 0 Å². The molecule has 3 N–H and O–H groups in total. The lowest BCUT2D eigenvalue weighted by Crippen LogP contribution is -2.42. The Bertz CT molecular complexity index is 501. The summed E-state index contributed by atoms with van der Waals surface area (Å²) in [4.78, 5) is 22.7. The van der Waals surface area contributed by atoms with E-state index in [4.69, 9.17) is 5.11 Å². The smallest absolute Gasteiger partial charge is 0.315 e. The van der Waals surface area contributed by atoms with E-state index in [1.54, 1.807) is 17.9 Å². The Kier molecular flexibility index (Phi) is 4.21.